The normalized spacial score (nSPS) is 9.55. The summed E-state index contributed by atoms with van der Waals surface area (Å²) < 4.78 is 0. The molecule has 0 aliphatic carbocycles. The number of halogens is 1. The molecule has 0 saturated heterocycles. The summed E-state index contributed by atoms with van der Waals surface area (Å²) in [6, 6.07) is 7.26. The Kier molecular flexibility index (Phi) is 8.59. The van der Waals surface area contributed by atoms with Crippen LogP contribution in [0.3, 0.4) is 0 Å². The molecule has 5 nitrogen and oxygen atoms in total. The minimum absolute atomic E-state index is 0. The molecule has 1 aromatic rings. The number of nitrogens with zero attached hydrogens (tertiary/aromatic N) is 1. The van der Waals surface area contributed by atoms with Gasteiger partial charge >= 0.3 is 0 Å². The average Bonchev–Trinajstić information content (AvgIpc) is 2.44. The van der Waals surface area contributed by atoms with Crippen LogP contribution in [0.5, 0.6) is 0 Å². The lowest BCUT2D eigenvalue weighted by atomic mass is 10.1. The Balaban J connectivity index is 0.00000361. The van der Waals surface area contributed by atoms with Gasteiger partial charge in [0.1, 0.15) is 0 Å². The van der Waals surface area contributed by atoms with Crippen LogP contribution in [0.2, 0.25) is 0 Å². The molecule has 20 heavy (non-hydrogen) atoms. The van der Waals surface area contributed by atoms with E-state index in [0.29, 0.717) is 25.1 Å². The summed E-state index contributed by atoms with van der Waals surface area (Å²) in [7, 11) is 5.21. The van der Waals surface area contributed by atoms with Gasteiger partial charge in [-0.2, -0.15) is 0 Å². The third-order valence-corrected chi connectivity index (χ3v) is 2.88. The first kappa shape index (κ1) is 18.4. The second kappa shape index (κ2) is 9.34. The molecule has 2 amide bonds. The van der Waals surface area contributed by atoms with Gasteiger partial charge in [-0.05, 0) is 24.7 Å². The zero-order chi connectivity index (χ0) is 14.3. The van der Waals surface area contributed by atoms with Crippen LogP contribution in [0.25, 0.3) is 0 Å². The van der Waals surface area contributed by atoms with Gasteiger partial charge in [0, 0.05) is 39.2 Å². The fourth-order valence-corrected chi connectivity index (χ4v) is 1.69. The van der Waals surface area contributed by atoms with Crippen molar-refractivity contribution >= 4 is 24.2 Å². The maximum absolute atomic E-state index is 11.7. The maximum atomic E-state index is 11.7. The fraction of sp³-hybridized carbons (Fsp3) is 0.429. The molecular weight excluding hydrogens is 278 g/mol. The molecule has 112 valence electrons. The molecule has 6 heteroatoms. The highest BCUT2D eigenvalue weighted by atomic mass is 35.5. The number of hydrogen-bond donors (Lipinski definition) is 2. The second-order valence-electron chi connectivity index (χ2n) is 4.38. The number of carbonyl (C=O) groups excluding carboxylic acids is 2. The van der Waals surface area contributed by atoms with Crippen molar-refractivity contribution in [3.8, 4) is 0 Å². The van der Waals surface area contributed by atoms with Crippen molar-refractivity contribution in [1.82, 2.24) is 15.5 Å². The topological polar surface area (TPSA) is 61.4 Å². The number of amides is 2. The van der Waals surface area contributed by atoms with Gasteiger partial charge in [-0.25, -0.2) is 0 Å². The summed E-state index contributed by atoms with van der Waals surface area (Å²) in [5.74, 6) is -0.00488. The molecule has 0 radical (unpaired) electrons. The average molecular weight is 300 g/mol. The molecule has 2 N–H and O–H groups in total. The molecule has 1 aromatic carbocycles. The van der Waals surface area contributed by atoms with Crippen molar-refractivity contribution < 1.29 is 9.59 Å². The Morgan fingerprint density at radius 3 is 2.25 bits per heavy atom. The highest BCUT2D eigenvalue weighted by molar-refractivity contribution is 5.93. The van der Waals surface area contributed by atoms with Crippen LogP contribution in [-0.2, 0) is 11.3 Å². The van der Waals surface area contributed by atoms with Crippen molar-refractivity contribution in [2.75, 3.05) is 27.7 Å². The van der Waals surface area contributed by atoms with E-state index in [4.69, 9.17) is 0 Å². The summed E-state index contributed by atoms with van der Waals surface area (Å²) in [6.07, 6.45) is 0.489. The second-order valence-corrected chi connectivity index (χ2v) is 4.38. The van der Waals surface area contributed by atoms with Crippen LogP contribution >= 0.6 is 12.4 Å². The van der Waals surface area contributed by atoms with Crippen molar-refractivity contribution in [2.24, 2.45) is 0 Å². The van der Waals surface area contributed by atoms with Crippen LogP contribution in [0.4, 0.5) is 0 Å². The molecule has 0 aliphatic rings. The molecule has 0 fully saturated rings. The van der Waals surface area contributed by atoms with Crippen molar-refractivity contribution in [1.29, 1.82) is 0 Å². The van der Waals surface area contributed by atoms with E-state index in [0.717, 1.165) is 5.56 Å². The first-order valence-electron chi connectivity index (χ1n) is 6.28. The molecule has 0 heterocycles. The lowest BCUT2D eigenvalue weighted by molar-refractivity contribution is -0.130. The van der Waals surface area contributed by atoms with Crippen molar-refractivity contribution in [2.45, 2.75) is 13.0 Å². The van der Waals surface area contributed by atoms with Crippen molar-refractivity contribution in [3.63, 3.8) is 0 Å². The molecule has 0 spiro atoms. The van der Waals surface area contributed by atoms with Crippen LogP contribution in [0, 0.1) is 0 Å². The van der Waals surface area contributed by atoms with Gasteiger partial charge in [0.2, 0.25) is 5.91 Å². The summed E-state index contributed by atoms with van der Waals surface area (Å²) in [6.45, 7) is 1.23. The van der Waals surface area contributed by atoms with E-state index in [1.165, 1.54) is 0 Å². The van der Waals surface area contributed by atoms with Crippen LogP contribution in [0.15, 0.2) is 24.3 Å². The van der Waals surface area contributed by atoms with E-state index in [1.54, 1.807) is 31.1 Å². The first-order chi connectivity index (χ1) is 9.08. The highest BCUT2D eigenvalue weighted by Gasteiger charge is 2.09. The van der Waals surface area contributed by atoms with Crippen molar-refractivity contribution in [3.05, 3.63) is 35.4 Å². The Morgan fingerprint density at radius 2 is 1.75 bits per heavy atom. The molecule has 0 aliphatic heterocycles. The van der Waals surface area contributed by atoms with Gasteiger partial charge in [0.25, 0.3) is 5.91 Å². The first-order valence-corrected chi connectivity index (χ1v) is 6.28. The number of nitrogens with one attached hydrogen (secondary N) is 2. The Hall–Kier alpha value is -1.59. The molecule has 0 aromatic heterocycles. The largest absolute Gasteiger partial charge is 0.355 e. The van der Waals surface area contributed by atoms with E-state index >= 15 is 0 Å². The van der Waals surface area contributed by atoms with E-state index < -0.39 is 0 Å². The third kappa shape index (κ3) is 5.59. The summed E-state index contributed by atoms with van der Waals surface area (Å²) >= 11 is 0. The maximum Gasteiger partial charge on any atom is 0.251 e. The van der Waals surface area contributed by atoms with E-state index in [-0.39, 0.29) is 24.2 Å². The van der Waals surface area contributed by atoms with E-state index in [2.05, 4.69) is 10.6 Å². The molecular formula is C14H22ClN3O2. The van der Waals surface area contributed by atoms with Gasteiger partial charge in [-0.1, -0.05) is 12.1 Å². The lowest BCUT2D eigenvalue weighted by Crippen LogP contribution is -2.28. The van der Waals surface area contributed by atoms with Gasteiger partial charge in [0.05, 0.1) is 0 Å². The number of benzene rings is 1. The molecule has 0 atom stereocenters. The lowest BCUT2D eigenvalue weighted by Gasteiger charge is -2.17. The van der Waals surface area contributed by atoms with Gasteiger partial charge in [-0.15, -0.1) is 12.4 Å². The molecule has 0 unspecified atom stereocenters. The Labute approximate surface area is 126 Å². The van der Waals surface area contributed by atoms with E-state index in [1.807, 2.05) is 19.2 Å². The predicted molar refractivity (Wildman–Crippen MR) is 82.1 cm³/mol. The smallest absolute Gasteiger partial charge is 0.251 e. The van der Waals surface area contributed by atoms with Crippen LogP contribution in [0.1, 0.15) is 22.3 Å². The monoisotopic (exact) mass is 299 g/mol. The SMILES string of the molecule is CNCCC(=O)N(C)Cc1ccc(C(=O)NC)cc1.Cl. The molecule has 0 saturated carbocycles. The Morgan fingerprint density at radius 1 is 1.15 bits per heavy atom. The summed E-state index contributed by atoms with van der Waals surface area (Å²) in [5, 5.41) is 5.52. The minimum atomic E-state index is -0.106. The zero-order valence-electron chi connectivity index (χ0n) is 12.1. The predicted octanol–water partition coefficient (Wildman–Crippen LogP) is 1.04. The fourth-order valence-electron chi connectivity index (χ4n) is 1.69. The van der Waals surface area contributed by atoms with Crippen LogP contribution in [-0.4, -0.2) is 44.4 Å². The van der Waals surface area contributed by atoms with Crippen LogP contribution < -0.4 is 10.6 Å². The number of rotatable bonds is 6. The van der Waals surface area contributed by atoms with E-state index in [9.17, 15) is 9.59 Å². The van der Waals surface area contributed by atoms with Gasteiger partial charge in [-0.3, -0.25) is 9.59 Å². The zero-order valence-corrected chi connectivity index (χ0v) is 12.9. The number of hydrogen-bond acceptors (Lipinski definition) is 3. The van der Waals surface area contributed by atoms with Gasteiger partial charge < -0.3 is 15.5 Å². The molecule has 0 bridgehead atoms. The Bertz CT molecular complexity index is 435. The van der Waals surface area contributed by atoms with Gasteiger partial charge in [0.15, 0.2) is 0 Å². The standard InChI is InChI=1S/C14H21N3O2.ClH/c1-15-9-8-13(18)17(3)10-11-4-6-12(7-5-11)14(19)16-2;/h4-7,15H,8-10H2,1-3H3,(H,16,19);1H. The number of carbonyl (C=O) groups is 2. The summed E-state index contributed by atoms with van der Waals surface area (Å²) in [4.78, 5) is 24.8. The molecule has 1 rings (SSSR count). The minimum Gasteiger partial charge on any atom is -0.355 e. The third-order valence-electron chi connectivity index (χ3n) is 2.88. The quantitative estimate of drug-likeness (QED) is 0.825. The highest BCUT2D eigenvalue weighted by Crippen LogP contribution is 2.07. The summed E-state index contributed by atoms with van der Waals surface area (Å²) in [5.41, 5.74) is 1.63.